The van der Waals surface area contributed by atoms with E-state index >= 15 is 0 Å². The Hall–Kier alpha value is -3.05. The van der Waals surface area contributed by atoms with Gasteiger partial charge >= 0.3 is 0 Å². The quantitative estimate of drug-likeness (QED) is 0.533. The van der Waals surface area contributed by atoms with Crippen molar-refractivity contribution in [2.45, 2.75) is 13.5 Å². The van der Waals surface area contributed by atoms with E-state index in [2.05, 4.69) is 57.1 Å². The predicted molar refractivity (Wildman–Crippen MR) is 107 cm³/mol. The number of aryl methyl sites for hydroxylation is 1. The van der Waals surface area contributed by atoms with Crippen molar-refractivity contribution in [1.82, 2.24) is 15.0 Å². The van der Waals surface area contributed by atoms with Crippen LogP contribution in [0.3, 0.4) is 0 Å². The van der Waals surface area contributed by atoms with Crippen molar-refractivity contribution in [3.05, 3.63) is 83.6 Å². The lowest BCUT2D eigenvalue weighted by atomic mass is 10.1. The molecule has 0 aliphatic rings. The van der Waals surface area contributed by atoms with Gasteiger partial charge in [-0.1, -0.05) is 48.5 Å². The molecule has 4 aromatic rings. The zero-order valence-electron chi connectivity index (χ0n) is 14.4. The van der Waals surface area contributed by atoms with Crippen molar-refractivity contribution in [2.75, 3.05) is 5.32 Å². The topological polar surface area (TPSA) is 50.7 Å². The van der Waals surface area contributed by atoms with E-state index in [0.717, 1.165) is 33.3 Å². The first-order valence-corrected chi connectivity index (χ1v) is 9.29. The van der Waals surface area contributed by atoms with Gasteiger partial charge in [-0.25, -0.2) is 15.0 Å². The summed E-state index contributed by atoms with van der Waals surface area (Å²) in [7, 11) is 0. The summed E-state index contributed by atoms with van der Waals surface area (Å²) in [6.07, 6.45) is 1.58. The molecule has 0 fully saturated rings. The van der Waals surface area contributed by atoms with E-state index in [9.17, 15) is 0 Å². The van der Waals surface area contributed by atoms with Gasteiger partial charge in [0.2, 0.25) is 0 Å². The predicted octanol–water partition coefficient (Wildman–Crippen LogP) is 5.19. The lowest BCUT2D eigenvalue weighted by Gasteiger charge is -2.07. The molecule has 0 atom stereocenters. The number of nitrogens with one attached hydrogen (secondary N) is 1. The van der Waals surface area contributed by atoms with Gasteiger partial charge < -0.3 is 5.32 Å². The van der Waals surface area contributed by atoms with Crippen LogP contribution in [0, 0.1) is 6.92 Å². The highest BCUT2D eigenvalue weighted by molar-refractivity contribution is 7.13. The molecule has 0 amide bonds. The second kappa shape index (κ2) is 7.45. The van der Waals surface area contributed by atoms with Crippen molar-refractivity contribution in [2.24, 2.45) is 0 Å². The van der Waals surface area contributed by atoms with Gasteiger partial charge in [-0.05, 0) is 18.6 Å². The van der Waals surface area contributed by atoms with E-state index in [1.165, 1.54) is 5.56 Å². The molecule has 0 radical (unpaired) electrons. The number of anilines is 1. The number of aromatic nitrogens is 3. The van der Waals surface area contributed by atoms with Crippen LogP contribution >= 0.6 is 11.3 Å². The van der Waals surface area contributed by atoms with Crippen LogP contribution in [0.15, 0.2) is 72.4 Å². The number of hydrogen-bond acceptors (Lipinski definition) is 5. The molecule has 0 aliphatic carbocycles. The highest BCUT2D eigenvalue weighted by Crippen LogP contribution is 2.29. The summed E-state index contributed by atoms with van der Waals surface area (Å²) < 4.78 is 0. The normalized spacial score (nSPS) is 10.7. The minimum absolute atomic E-state index is 0.710. The number of nitrogens with zero attached hydrogens (tertiary/aromatic N) is 3. The van der Waals surface area contributed by atoms with Gasteiger partial charge in [0, 0.05) is 34.8 Å². The van der Waals surface area contributed by atoms with Gasteiger partial charge in [0.1, 0.15) is 17.2 Å². The third-order valence-corrected chi connectivity index (χ3v) is 4.92. The number of benzene rings is 2. The van der Waals surface area contributed by atoms with E-state index in [1.807, 2.05) is 31.2 Å². The molecule has 0 aliphatic heterocycles. The molecule has 2 heterocycles. The van der Waals surface area contributed by atoms with E-state index in [0.29, 0.717) is 6.54 Å². The molecular weight excluding hydrogens is 340 g/mol. The van der Waals surface area contributed by atoms with Crippen LogP contribution in [0.5, 0.6) is 0 Å². The summed E-state index contributed by atoms with van der Waals surface area (Å²) in [5.74, 6) is 0.837. The molecule has 0 unspecified atom stereocenters. The average Bonchev–Trinajstić information content (AvgIpc) is 3.18. The first-order valence-electron chi connectivity index (χ1n) is 8.41. The molecule has 1 N–H and O–H groups in total. The van der Waals surface area contributed by atoms with Crippen molar-refractivity contribution in [3.8, 4) is 21.8 Å². The van der Waals surface area contributed by atoms with Gasteiger partial charge in [-0.3, -0.25) is 0 Å². The maximum Gasteiger partial charge on any atom is 0.129 e. The molecule has 2 aromatic heterocycles. The standard InChI is InChI=1S/C21H18N4S/c1-15-10-20(24-14-23-15)22-12-16-6-5-9-18(11-16)21-25-19(13-26-21)17-7-3-2-4-8-17/h2-11,13-14H,12H2,1H3,(H,22,23,24). The van der Waals surface area contributed by atoms with Crippen molar-refractivity contribution >= 4 is 17.2 Å². The second-order valence-electron chi connectivity index (χ2n) is 6.00. The summed E-state index contributed by atoms with van der Waals surface area (Å²) in [6.45, 7) is 2.67. The molecule has 26 heavy (non-hydrogen) atoms. The van der Waals surface area contributed by atoms with Crippen LogP contribution in [0.25, 0.3) is 21.8 Å². The summed E-state index contributed by atoms with van der Waals surface area (Å²) in [4.78, 5) is 13.2. The molecule has 5 heteroatoms. The van der Waals surface area contributed by atoms with Gasteiger partial charge in [0.25, 0.3) is 0 Å². The summed E-state index contributed by atoms with van der Waals surface area (Å²) >= 11 is 1.67. The Labute approximate surface area is 156 Å². The van der Waals surface area contributed by atoms with Crippen LogP contribution in [0.4, 0.5) is 5.82 Å². The Morgan fingerprint density at radius 3 is 2.62 bits per heavy atom. The van der Waals surface area contributed by atoms with Gasteiger partial charge in [-0.15, -0.1) is 11.3 Å². The maximum atomic E-state index is 4.80. The SMILES string of the molecule is Cc1cc(NCc2cccc(-c3nc(-c4ccccc4)cs3)c2)ncn1. The van der Waals surface area contributed by atoms with E-state index < -0.39 is 0 Å². The fraction of sp³-hybridized carbons (Fsp3) is 0.0952. The molecule has 0 saturated carbocycles. The second-order valence-corrected chi connectivity index (χ2v) is 6.86. The Balaban J connectivity index is 1.52. The van der Waals surface area contributed by atoms with Crippen molar-refractivity contribution in [1.29, 1.82) is 0 Å². The average molecular weight is 358 g/mol. The zero-order valence-corrected chi connectivity index (χ0v) is 15.2. The molecule has 128 valence electrons. The molecule has 2 aromatic carbocycles. The maximum absolute atomic E-state index is 4.80. The first kappa shape index (κ1) is 16.4. The van der Waals surface area contributed by atoms with Crippen LogP contribution in [-0.2, 0) is 6.54 Å². The van der Waals surface area contributed by atoms with Gasteiger partial charge in [-0.2, -0.15) is 0 Å². The Kier molecular flexibility index (Phi) is 4.71. The Morgan fingerprint density at radius 1 is 0.923 bits per heavy atom. The lowest BCUT2D eigenvalue weighted by Crippen LogP contribution is -2.02. The number of hydrogen-bond donors (Lipinski definition) is 1. The third kappa shape index (κ3) is 3.78. The highest BCUT2D eigenvalue weighted by atomic mass is 32.1. The third-order valence-electron chi connectivity index (χ3n) is 4.03. The first-order chi connectivity index (χ1) is 12.8. The van der Waals surface area contributed by atoms with Crippen molar-refractivity contribution in [3.63, 3.8) is 0 Å². The van der Waals surface area contributed by atoms with E-state index in [-0.39, 0.29) is 0 Å². The summed E-state index contributed by atoms with van der Waals surface area (Å²) in [5.41, 5.74) is 5.44. The van der Waals surface area contributed by atoms with Gasteiger partial charge in [0.05, 0.1) is 5.69 Å². The molecule has 0 bridgehead atoms. The fourth-order valence-electron chi connectivity index (χ4n) is 2.71. The smallest absolute Gasteiger partial charge is 0.129 e. The van der Waals surface area contributed by atoms with Crippen LogP contribution in [-0.4, -0.2) is 15.0 Å². The van der Waals surface area contributed by atoms with E-state index in [4.69, 9.17) is 4.98 Å². The van der Waals surface area contributed by atoms with E-state index in [1.54, 1.807) is 17.7 Å². The summed E-state index contributed by atoms with van der Waals surface area (Å²) in [5, 5.41) is 6.48. The molecule has 4 rings (SSSR count). The molecule has 0 spiro atoms. The largest absolute Gasteiger partial charge is 0.366 e. The molecular formula is C21H18N4S. The fourth-order valence-corrected chi connectivity index (χ4v) is 3.53. The highest BCUT2D eigenvalue weighted by Gasteiger charge is 2.07. The summed E-state index contributed by atoms with van der Waals surface area (Å²) in [6, 6.07) is 20.7. The number of rotatable bonds is 5. The monoisotopic (exact) mass is 358 g/mol. The lowest BCUT2D eigenvalue weighted by molar-refractivity contribution is 1.05. The number of thiazole rings is 1. The Bertz CT molecular complexity index is 1010. The minimum atomic E-state index is 0.710. The zero-order chi connectivity index (χ0) is 17.8. The van der Waals surface area contributed by atoms with Gasteiger partial charge in [0.15, 0.2) is 0 Å². The minimum Gasteiger partial charge on any atom is -0.366 e. The molecule has 0 saturated heterocycles. The van der Waals surface area contributed by atoms with Crippen LogP contribution < -0.4 is 5.32 Å². The molecule has 4 nitrogen and oxygen atoms in total. The van der Waals surface area contributed by atoms with Crippen LogP contribution in [0.1, 0.15) is 11.3 Å². The van der Waals surface area contributed by atoms with Crippen molar-refractivity contribution < 1.29 is 0 Å². The Morgan fingerprint density at radius 2 is 1.77 bits per heavy atom. The van der Waals surface area contributed by atoms with Crippen LogP contribution in [0.2, 0.25) is 0 Å².